The van der Waals surface area contributed by atoms with Crippen molar-refractivity contribution in [1.82, 2.24) is 4.72 Å². The van der Waals surface area contributed by atoms with Crippen molar-refractivity contribution < 1.29 is 13.2 Å². The van der Waals surface area contributed by atoms with E-state index in [1.54, 1.807) is 0 Å². The van der Waals surface area contributed by atoms with Crippen molar-refractivity contribution in [2.45, 2.75) is 26.0 Å². The summed E-state index contributed by atoms with van der Waals surface area (Å²) in [5, 5.41) is 0. The number of hydrogen-bond acceptors (Lipinski definition) is 3. The maximum absolute atomic E-state index is 10.6. The van der Waals surface area contributed by atoms with Crippen molar-refractivity contribution in [2.24, 2.45) is 0 Å². The first-order valence-electron chi connectivity index (χ1n) is 3.61. The number of rotatable bonds is 3. The Balaban J connectivity index is 2.14. The van der Waals surface area contributed by atoms with Crippen LogP contribution in [0.15, 0.2) is 0 Å². The second kappa shape index (κ2) is 3.08. The molecule has 11 heavy (non-hydrogen) atoms. The zero-order valence-electron chi connectivity index (χ0n) is 6.70. The normalized spacial score (nSPS) is 28.5. The minimum atomic E-state index is -2.91. The average Bonchev–Trinajstić information content (AvgIpc) is 1.78. The van der Waals surface area contributed by atoms with Gasteiger partial charge in [0.05, 0.1) is 24.5 Å². The molecule has 4 nitrogen and oxygen atoms in total. The second-order valence-electron chi connectivity index (χ2n) is 2.98. The molecule has 1 fully saturated rings. The molecule has 66 valence electrons. The molecule has 0 amide bonds. The molecule has 0 radical (unpaired) electrons. The van der Waals surface area contributed by atoms with E-state index in [0.717, 1.165) is 0 Å². The predicted molar refractivity (Wildman–Crippen MR) is 41.8 cm³/mol. The highest BCUT2D eigenvalue weighted by atomic mass is 32.2. The summed E-state index contributed by atoms with van der Waals surface area (Å²) >= 11 is 0. The smallest absolute Gasteiger partial charge is 0.213 e. The molecule has 5 heteroatoms. The van der Waals surface area contributed by atoms with Crippen LogP contribution in [0.2, 0.25) is 0 Å². The van der Waals surface area contributed by atoms with Gasteiger partial charge in [0, 0.05) is 0 Å². The lowest BCUT2D eigenvalue weighted by Gasteiger charge is -2.27. The Morgan fingerprint density at radius 1 is 1.64 bits per heavy atom. The lowest BCUT2D eigenvalue weighted by Crippen LogP contribution is -2.55. The lowest BCUT2D eigenvalue weighted by molar-refractivity contribution is 0.0659. The fourth-order valence-corrected chi connectivity index (χ4v) is 2.06. The highest BCUT2D eigenvalue weighted by Gasteiger charge is 2.32. The average molecular weight is 179 g/mol. The van der Waals surface area contributed by atoms with Gasteiger partial charge in [0.1, 0.15) is 0 Å². The van der Waals surface area contributed by atoms with Crippen molar-refractivity contribution in [3.63, 3.8) is 0 Å². The minimum absolute atomic E-state index is 0.00222. The molecule has 1 N–H and O–H groups in total. The van der Waals surface area contributed by atoms with E-state index < -0.39 is 10.0 Å². The monoisotopic (exact) mass is 179 g/mol. The van der Waals surface area contributed by atoms with E-state index in [4.69, 9.17) is 4.74 Å². The van der Waals surface area contributed by atoms with Crippen LogP contribution in [0, 0.1) is 0 Å². The van der Waals surface area contributed by atoms with Gasteiger partial charge in [-0.05, 0) is 13.8 Å². The third-order valence-corrected chi connectivity index (χ3v) is 2.93. The maximum Gasteiger partial charge on any atom is 0.213 e. The quantitative estimate of drug-likeness (QED) is 0.648. The van der Waals surface area contributed by atoms with E-state index in [0.29, 0.717) is 6.61 Å². The van der Waals surface area contributed by atoms with Gasteiger partial charge < -0.3 is 4.74 Å². The summed E-state index contributed by atoms with van der Waals surface area (Å²) in [6.07, 6.45) is 0.167. The van der Waals surface area contributed by atoms with Gasteiger partial charge in [0.25, 0.3) is 0 Å². The minimum Gasteiger partial charge on any atom is -0.377 e. The predicted octanol–water partition coefficient (Wildman–Crippen LogP) is -0.287. The van der Waals surface area contributed by atoms with Gasteiger partial charge in [0.2, 0.25) is 10.0 Å². The summed E-state index contributed by atoms with van der Waals surface area (Å²) in [5.41, 5.74) is 0. The topological polar surface area (TPSA) is 55.4 Å². The van der Waals surface area contributed by atoms with Crippen molar-refractivity contribution >= 4 is 10.0 Å². The van der Waals surface area contributed by atoms with Gasteiger partial charge in [-0.2, -0.15) is 0 Å². The molecular formula is C6H13NO3S. The summed E-state index contributed by atoms with van der Waals surface area (Å²) in [6, 6.07) is 0.00222. The summed E-state index contributed by atoms with van der Waals surface area (Å²) in [7, 11) is -2.91. The second-order valence-corrected chi connectivity index (χ2v) is 4.78. The molecule has 0 aromatic rings. The Kier molecular flexibility index (Phi) is 2.51. The van der Waals surface area contributed by atoms with E-state index in [-0.39, 0.29) is 17.9 Å². The number of hydrogen-bond donors (Lipinski definition) is 1. The number of sulfonamides is 1. The molecule has 0 bridgehead atoms. The maximum atomic E-state index is 10.6. The first kappa shape index (κ1) is 8.96. The Labute approximate surface area is 67.0 Å². The molecule has 1 heterocycles. The van der Waals surface area contributed by atoms with Crippen molar-refractivity contribution in [3.8, 4) is 0 Å². The van der Waals surface area contributed by atoms with E-state index in [1.165, 1.54) is 0 Å². The lowest BCUT2D eigenvalue weighted by atomic mass is 10.4. The van der Waals surface area contributed by atoms with Crippen LogP contribution in [0.1, 0.15) is 13.8 Å². The molecule has 0 aromatic heterocycles. The van der Waals surface area contributed by atoms with Crippen molar-refractivity contribution in [3.05, 3.63) is 0 Å². The Bertz CT molecular complexity index is 210. The Hall–Kier alpha value is -0.130. The Morgan fingerprint density at radius 2 is 2.18 bits per heavy atom. The van der Waals surface area contributed by atoms with Gasteiger partial charge in [-0.3, -0.25) is 0 Å². The van der Waals surface area contributed by atoms with Crippen LogP contribution in [0.4, 0.5) is 0 Å². The fourth-order valence-electron chi connectivity index (χ4n) is 0.892. The molecule has 1 rings (SSSR count). The van der Waals surface area contributed by atoms with Crippen LogP contribution >= 0.6 is 0 Å². The SMILES string of the molecule is CC(C)OCC1CS(=O)(=O)N1. The number of nitrogens with one attached hydrogen (secondary N) is 1. The summed E-state index contributed by atoms with van der Waals surface area (Å²) in [4.78, 5) is 0. The molecule has 0 aliphatic carbocycles. The third-order valence-electron chi connectivity index (χ3n) is 1.40. The molecule has 1 aliphatic heterocycles. The van der Waals surface area contributed by atoms with Gasteiger partial charge in [-0.1, -0.05) is 0 Å². The molecule has 0 aromatic carbocycles. The number of ether oxygens (including phenoxy) is 1. The summed E-state index contributed by atoms with van der Waals surface area (Å²) in [5.74, 6) is 0.208. The molecule has 1 saturated heterocycles. The van der Waals surface area contributed by atoms with E-state index in [9.17, 15) is 8.42 Å². The molecule has 0 spiro atoms. The van der Waals surface area contributed by atoms with Gasteiger partial charge in [-0.15, -0.1) is 0 Å². The van der Waals surface area contributed by atoms with Crippen LogP contribution in [-0.2, 0) is 14.8 Å². The first-order chi connectivity index (χ1) is 4.99. The van der Waals surface area contributed by atoms with Gasteiger partial charge >= 0.3 is 0 Å². The summed E-state index contributed by atoms with van der Waals surface area (Å²) < 4.78 is 28.8. The van der Waals surface area contributed by atoms with E-state index >= 15 is 0 Å². The Morgan fingerprint density at radius 3 is 2.55 bits per heavy atom. The van der Waals surface area contributed by atoms with Crippen molar-refractivity contribution in [2.75, 3.05) is 12.4 Å². The van der Waals surface area contributed by atoms with Crippen LogP contribution in [0.25, 0.3) is 0 Å². The van der Waals surface area contributed by atoms with Gasteiger partial charge in [0.15, 0.2) is 0 Å². The van der Waals surface area contributed by atoms with E-state index in [1.807, 2.05) is 13.8 Å². The molecular weight excluding hydrogens is 166 g/mol. The highest BCUT2D eigenvalue weighted by Crippen LogP contribution is 2.06. The molecule has 1 aliphatic rings. The van der Waals surface area contributed by atoms with Gasteiger partial charge in [-0.25, -0.2) is 13.1 Å². The zero-order valence-corrected chi connectivity index (χ0v) is 7.52. The van der Waals surface area contributed by atoms with Crippen LogP contribution < -0.4 is 4.72 Å². The van der Waals surface area contributed by atoms with Crippen LogP contribution in [-0.4, -0.2) is 32.9 Å². The highest BCUT2D eigenvalue weighted by molar-refractivity contribution is 7.90. The van der Waals surface area contributed by atoms with Crippen LogP contribution in [0.5, 0.6) is 0 Å². The fraction of sp³-hybridized carbons (Fsp3) is 1.00. The van der Waals surface area contributed by atoms with Crippen LogP contribution in [0.3, 0.4) is 0 Å². The molecule has 0 saturated carbocycles. The largest absolute Gasteiger partial charge is 0.377 e. The first-order valence-corrected chi connectivity index (χ1v) is 5.26. The van der Waals surface area contributed by atoms with Crippen molar-refractivity contribution in [1.29, 1.82) is 0 Å². The standard InChI is InChI=1S/C6H13NO3S/c1-5(2)10-3-6-4-11(8,9)7-6/h5-7H,3-4H2,1-2H3. The zero-order chi connectivity index (χ0) is 8.48. The van der Waals surface area contributed by atoms with E-state index in [2.05, 4.69) is 4.72 Å². The molecule has 1 atom stereocenters. The summed E-state index contributed by atoms with van der Waals surface area (Å²) in [6.45, 7) is 4.33. The third kappa shape index (κ3) is 2.76. The molecule has 1 unspecified atom stereocenters.